The van der Waals surface area contributed by atoms with E-state index in [0.717, 1.165) is 17.7 Å². The van der Waals surface area contributed by atoms with Gasteiger partial charge in [-0.25, -0.2) is 5.43 Å². The minimum atomic E-state index is -0.538. The Labute approximate surface area is 139 Å². The number of nitrogens with zero attached hydrogens (tertiary/aromatic N) is 1. The summed E-state index contributed by atoms with van der Waals surface area (Å²) in [5.41, 5.74) is 3.22. The van der Waals surface area contributed by atoms with Crippen LogP contribution in [0.25, 0.3) is 0 Å². The van der Waals surface area contributed by atoms with Gasteiger partial charge in [-0.15, -0.1) is 0 Å². The van der Waals surface area contributed by atoms with Crippen molar-refractivity contribution in [1.29, 1.82) is 0 Å². The number of benzene rings is 2. The highest BCUT2D eigenvalue weighted by molar-refractivity contribution is 6.31. The summed E-state index contributed by atoms with van der Waals surface area (Å²) in [6.07, 6.45) is 2.45. The Morgan fingerprint density at radius 1 is 1.30 bits per heavy atom. The van der Waals surface area contributed by atoms with Gasteiger partial charge < -0.3 is 9.84 Å². The Kier molecular flexibility index (Phi) is 6.00. The van der Waals surface area contributed by atoms with Gasteiger partial charge in [-0.1, -0.05) is 18.5 Å². The van der Waals surface area contributed by atoms with E-state index in [-0.39, 0.29) is 11.3 Å². The minimum Gasteiger partial charge on any atom is -0.507 e. The van der Waals surface area contributed by atoms with E-state index in [9.17, 15) is 9.90 Å². The average molecular weight is 333 g/mol. The highest BCUT2D eigenvalue weighted by Gasteiger charge is 2.10. The number of phenols is 1. The highest BCUT2D eigenvalue weighted by Crippen LogP contribution is 2.21. The molecule has 0 unspecified atom stereocenters. The highest BCUT2D eigenvalue weighted by atomic mass is 35.5. The molecular formula is C17H17ClN2O3. The Balaban J connectivity index is 1.95. The lowest BCUT2D eigenvalue weighted by molar-refractivity contribution is 0.0952. The second kappa shape index (κ2) is 8.19. The first-order valence-corrected chi connectivity index (χ1v) is 7.52. The number of carbonyl (C=O) groups is 1. The molecule has 0 spiro atoms. The van der Waals surface area contributed by atoms with Crippen LogP contribution in [0.5, 0.6) is 11.5 Å². The number of halogens is 1. The fourth-order valence-electron chi connectivity index (χ4n) is 1.79. The van der Waals surface area contributed by atoms with E-state index in [0.29, 0.717) is 11.6 Å². The van der Waals surface area contributed by atoms with Crippen molar-refractivity contribution in [2.75, 3.05) is 6.61 Å². The van der Waals surface area contributed by atoms with E-state index in [1.807, 2.05) is 31.2 Å². The van der Waals surface area contributed by atoms with Crippen molar-refractivity contribution in [1.82, 2.24) is 5.43 Å². The first kappa shape index (κ1) is 16.8. The molecule has 2 N–H and O–H groups in total. The second-order valence-corrected chi connectivity index (χ2v) is 5.21. The molecular weight excluding hydrogens is 316 g/mol. The number of aromatic hydroxyl groups is 1. The van der Waals surface area contributed by atoms with Gasteiger partial charge in [0.1, 0.15) is 11.5 Å². The molecule has 1 amide bonds. The molecule has 5 nitrogen and oxygen atoms in total. The molecule has 0 fully saturated rings. The Morgan fingerprint density at radius 2 is 2.04 bits per heavy atom. The summed E-state index contributed by atoms with van der Waals surface area (Å²) in [5, 5.41) is 13.9. The van der Waals surface area contributed by atoms with Crippen LogP contribution in [0, 0.1) is 0 Å². The van der Waals surface area contributed by atoms with Gasteiger partial charge in [-0.2, -0.15) is 5.10 Å². The first-order valence-electron chi connectivity index (χ1n) is 7.15. The van der Waals surface area contributed by atoms with Crippen LogP contribution >= 0.6 is 11.6 Å². The standard InChI is InChI=1S/C17H17ClN2O3/c1-2-9-23-14-6-3-12(4-7-14)11-19-20-17(22)15-10-13(18)5-8-16(15)21/h3-8,10-11,21H,2,9H2,1H3,(H,20,22). The van der Waals surface area contributed by atoms with Crippen LogP contribution in [0.3, 0.4) is 0 Å². The smallest absolute Gasteiger partial charge is 0.275 e. The maximum atomic E-state index is 11.9. The molecule has 0 atom stereocenters. The molecule has 0 aliphatic carbocycles. The number of rotatable bonds is 6. The number of nitrogens with one attached hydrogen (secondary N) is 1. The van der Waals surface area contributed by atoms with Gasteiger partial charge in [0, 0.05) is 5.02 Å². The molecule has 0 saturated heterocycles. The third-order valence-corrected chi connectivity index (χ3v) is 3.17. The number of ether oxygens (including phenoxy) is 1. The second-order valence-electron chi connectivity index (χ2n) is 4.78. The van der Waals surface area contributed by atoms with E-state index >= 15 is 0 Å². The van der Waals surface area contributed by atoms with Crippen LogP contribution in [0.15, 0.2) is 47.6 Å². The van der Waals surface area contributed by atoms with Crippen molar-refractivity contribution in [2.45, 2.75) is 13.3 Å². The van der Waals surface area contributed by atoms with Crippen molar-refractivity contribution >= 4 is 23.7 Å². The van der Waals surface area contributed by atoms with E-state index < -0.39 is 5.91 Å². The predicted molar refractivity (Wildman–Crippen MR) is 90.4 cm³/mol. The maximum Gasteiger partial charge on any atom is 0.275 e. The van der Waals surface area contributed by atoms with E-state index in [4.69, 9.17) is 16.3 Å². The largest absolute Gasteiger partial charge is 0.507 e. The van der Waals surface area contributed by atoms with Crippen LogP contribution in [0.2, 0.25) is 5.02 Å². The van der Waals surface area contributed by atoms with E-state index in [1.165, 1.54) is 24.4 Å². The fraction of sp³-hybridized carbons (Fsp3) is 0.176. The van der Waals surface area contributed by atoms with Crippen LogP contribution in [0.4, 0.5) is 0 Å². The van der Waals surface area contributed by atoms with Crippen molar-refractivity contribution in [3.63, 3.8) is 0 Å². The van der Waals surface area contributed by atoms with Crippen LogP contribution < -0.4 is 10.2 Å². The zero-order valence-electron chi connectivity index (χ0n) is 12.6. The monoisotopic (exact) mass is 332 g/mol. The van der Waals surface area contributed by atoms with Gasteiger partial charge in [0.15, 0.2) is 0 Å². The maximum absolute atomic E-state index is 11.9. The zero-order chi connectivity index (χ0) is 16.7. The molecule has 23 heavy (non-hydrogen) atoms. The predicted octanol–water partition coefficient (Wildman–Crippen LogP) is 3.60. The molecule has 0 aliphatic heterocycles. The SMILES string of the molecule is CCCOc1ccc(C=NNC(=O)c2cc(Cl)ccc2O)cc1. The van der Waals surface area contributed by atoms with Crippen molar-refractivity contribution in [3.05, 3.63) is 58.6 Å². The van der Waals surface area contributed by atoms with Crippen LogP contribution in [-0.4, -0.2) is 23.8 Å². The molecule has 120 valence electrons. The van der Waals surface area contributed by atoms with Gasteiger partial charge in [0.25, 0.3) is 5.91 Å². The Hall–Kier alpha value is -2.53. The van der Waals surface area contributed by atoms with Crippen molar-refractivity contribution in [2.24, 2.45) is 5.10 Å². The molecule has 0 aliphatic rings. The van der Waals surface area contributed by atoms with Gasteiger partial charge >= 0.3 is 0 Å². The molecule has 0 heterocycles. The lowest BCUT2D eigenvalue weighted by atomic mass is 10.2. The van der Waals surface area contributed by atoms with Crippen LogP contribution in [0.1, 0.15) is 29.3 Å². The quantitative estimate of drug-likeness (QED) is 0.627. The summed E-state index contributed by atoms with van der Waals surface area (Å²) in [4.78, 5) is 11.9. The van der Waals surface area contributed by atoms with Crippen molar-refractivity contribution in [3.8, 4) is 11.5 Å². The third kappa shape index (κ3) is 5.00. The summed E-state index contributed by atoms with van der Waals surface area (Å²) >= 11 is 5.80. The number of hydrazone groups is 1. The number of amides is 1. The van der Waals surface area contributed by atoms with Crippen LogP contribution in [-0.2, 0) is 0 Å². The van der Waals surface area contributed by atoms with Gasteiger partial charge in [0.2, 0.25) is 0 Å². The molecule has 0 bridgehead atoms. The molecule has 6 heteroatoms. The summed E-state index contributed by atoms with van der Waals surface area (Å²) in [6, 6.07) is 11.6. The first-order chi connectivity index (χ1) is 11.1. The van der Waals surface area contributed by atoms with Gasteiger partial charge in [-0.3, -0.25) is 4.79 Å². The molecule has 2 rings (SSSR count). The molecule has 0 aromatic heterocycles. The average Bonchev–Trinajstić information content (AvgIpc) is 2.56. The Morgan fingerprint density at radius 3 is 2.74 bits per heavy atom. The van der Waals surface area contributed by atoms with E-state index in [2.05, 4.69) is 10.5 Å². The fourth-order valence-corrected chi connectivity index (χ4v) is 1.96. The normalized spacial score (nSPS) is 10.7. The third-order valence-electron chi connectivity index (χ3n) is 2.94. The molecule has 0 saturated carbocycles. The van der Waals surface area contributed by atoms with E-state index in [1.54, 1.807) is 0 Å². The molecule has 2 aromatic carbocycles. The number of hydrogen-bond donors (Lipinski definition) is 2. The summed E-state index contributed by atoms with van der Waals surface area (Å²) < 4.78 is 5.48. The lowest BCUT2D eigenvalue weighted by Crippen LogP contribution is -2.17. The van der Waals surface area contributed by atoms with Crippen molar-refractivity contribution < 1.29 is 14.6 Å². The summed E-state index contributed by atoms with van der Waals surface area (Å²) in [6.45, 7) is 2.72. The Bertz CT molecular complexity index is 699. The lowest BCUT2D eigenvalue weighted by Gasteiger charge is -2.04. The number of carbonyl (C=O) groups excluding carboxylic acids is 1. The number of hydrogen-bond acceptors (Lipinski definition) is 4. The minimum absolute atomic E-state index is 0.0676. The topological polar surface area (TPSA) is 70.9 Å². The number of phenolic OH excluding ortho intramolecular Hbond substituents is 1. The van der Waals surface area contributed by atoms with Gasteiger partial charge in [-0.05, 0) is 54.4 Å². The zero-order valence-corrected chi connectivity index (χ0v) is 13.4. The molecule has 2 aromatic rings. The summed E-state index contributed by atoms with van der Waals surface area (Å²) in [7, 11) is 0. The van der Waals surface area contributed by atoms with Gasteiger partial charge in [0.05, 0.1) is 18.4 Å². The summed E-state index contributed by atoms with van der Waals surface area (Å²) in [5.74, 6) is 0.0977. The molecule has 0 radical (unpaired) electrons.